The van der Waals surface area contributed by atoms with Gasteiger partial charge in [-0.3, -0.25) is 4.68 Å². The first-order valence-corrected chi connectivity index (χ1v) is 7.76. The third-order valence-electron chi connectivity index (χ3n) is 5.12. The van der Waals surface area contributed by atoms with Crippen molar-refractivity contribution in [2.75, 3.05) is 0 Å². The number of rotatable bonds is 1. The third-order valence-corrected chi connectivity index (χ3v) is 5.12. The van der Waals surface area contributed by atoms with Crippen LogP contribution in [0.4, 0.5) is 4.39 Å². The van der Waals surface area contributed by atoms with Gasteiger partial charge in [0.25, 0.3) is 0 Å². The van der Waals surface area contributed by atoms with E-state index in [-0.39, 0.29) is 12.0 Å². The van der Waals surface area contributed by atoms with Gasteiger partial charge in [0.2, 0.25) is 0 Å². The molecule has 0 spiro atoms. The van der Waals surface area contributed by atoms with Crippen molar-refractivity contribution in [3.63, 3.8) is 0 Å². The first-order valence-electron chi connectivity index (χ1n) is 7.76. The molecule has 0 saturated heterocycles. The molecule has 23 heavy (non-hydrogen) atoms. The van der Waals surface area contributed by atoms with Crippen molar-refractivity contribution in [1.29, 1.82) is 0 Å². The second kappa shape index (κ2) is 4.52. The van der Waals surface area contributed by atoms with Crippen molar-refractivity contribution in [3.8, 4) is 11.3 Å². The van der Waals surface area contributed by atoms with E-state index >= 15 is 0 Å². The van der Waals surface area contributed by atoms with Crippen LogP contribution in [0, 0.1) is 11.7 Å². The lowest BCUT2D eigenvalue weighted by Crippen LogP contribution is -2.31. The van der Waals surface area contributed by atoms with Crippen LogP contribution in [0.1, 0.15) is 29.8 Å². The number of benzene rings is 1. The monoisotopic (exact) mass is 310 g/mol. The Bertz CT molecular complexity index is 900. The van der Waals surface area contributed by atoms with E-state index in [4.69, 9.17) is 0 Å². The summed E-state index contributed by atoms with van der Waals surface area (Å²) in [4.78, 5) is 4.25. The highest BCUT2D eigenvalue weighted by Crippen LogP contribution is 2.48. The first kappa shape index (κ1) is 13.0. The minimum absolute atomic E-state index is 0.0262. The Morgan fingerprint density at radius 2 is 2.09 bits per heavy atom. The summed E-state index contributed by atoms with van der Waals surface area (Å²) in [6, 6.07) is 8.14. The van der Waals surface area contributed by atoms with E-state index in [0.717, 1.165) is 17.7 Å². The third kappa shape index (κ3) is 1.64. The molecule has 1 N–H and O–H groups in total. The Morgan fingerprint density at radius 3 is 3.00 bits per heavy atom. The van der Waals surface area contributed by atoms with E-state index in [0.29, 0.717) is 12.2 Å². The molecule has 3 aromatic rings. The summed E-state index contributed by atoms with van der Waals surface area (Å²) >= 11 is 0. The van der Waals surface area contributed by atoms with Gasteiger partial charge in [0.15, 0.2) is 5.82 Å². The largest absolute Gasteiger partial charge is 0.386 e. The molecule has 5 rings (SSSR count). The molecule has 0 unspecified atom stereocenters. The number of imidazole rings is 1. The summed E-state index contributed by atoms with van der Waals surface area (Å²) < 4.78 is 17.7. The lowest BCUT2D eigenvalue weighted by atomic mass is 9.83. The van der Waals surface area contributed by atoms with Crippen molar-refractivity contribution in [2.24, 2.45) is 5.92 Å². The second-order valence-electron chi connectivity index (χ2n) is 6.22. The first-order chi connectivity index (χ1) is 11.3. The lowest BCUT2D eigenvalue weighted by Gasteiger charge is -2.34. The predicted molar refractivity (Wildman–Crippen MR) is 81.1 cm³/mol. The number of nitrogens with zero attached hydrogens (tertiary/aromatic N) is 4. The highest BCUT2D eigenvalue weighted by atomic mass is 19.1. The smallest absolute Gasteiger partial charge is 0.166 e. The number of aliphatic hydroxyl groups excluding tert-OH is 1. The Balaban J connectivity index is 1.65. The van der Waals surface area contributed by atoms with Crippen LogP contribution >= 0.6 is 0 Å². The zero-order chi connectivity index (χ0) is 15.6. The molecule has 116 valence electrons. The minimum Gasteiger partial charge on any atom is -0.386 e. The van der Waals surface area contributed by atoms with Gasteiger partial charge < -0.3 is 9.67 Å². The second-order valence-corrected chi connectivity index (χ2v) is 6.22. The van der Waals surface area contributed by atoms with Gasteiger partial charge in [0.1, 0.15) is 11.8 Å². The van der Waals surface area contributed by atoms with Crippen molar-refractivity contribution < 1.29 is 9.50 Å². The summed E-state index contributed by atoms with van der Waals surface area (Å²) in [7, 11) is 0. The molecule has 0 aliphatic carbocycles. The van der Waals surface area contributed by atoms with Gasteiger partial charge in [-0.1, -0.05) is 24.3 Å². The number of hydrogen-bond donors (Lipinski definition) is 1. The molecule has 2 aliphatic rings. The molecule has 0 fully saturated rings. The van der Waals surface area contributed by atoms with Crippen molar-refractivity contribution in [1.82, 2.24) is 19.3 Å². The number of aryl methyl sites for hydroxylation is 1. The zero-order valence-corrected chi connectivity index (χ0v) is 12.3. The quantitative estimate of drug-likeness (QED) is 0.751. The fourth-order valence-electron chi connectivity index (χ4n) is 4.12. The van der Waals surface area contributed by atoms with E-state index in [9.17, 15) is 9.50 Å². The number of halogens is 1. The Kier molecular flexibility index (Phi) is 2.56. The van der Waals surface area contributed by atoms with Gasteiger partial charge in [-0.15, -0.1) is 0 Å². The molecular weight excluding hydrogens is 295 g/mol. The highest BCUT2D eigenvalue weighted by Gasteiger charge is 2.42. The Labute approximate surface area is 132 Å². The summed E-state index contributed by atoms with van der Waals surface area (Å²) in [6.07, 6.45) is 4.70. The van der Waals surface area contributed by atoms with Crippen LogP contribution in [0.15, 0.2) is 43.0 Å². The van der Waals surface area contributed by atoms with E-state index in [1.807, 2.05) is 18.3 Å². The van der Waals surface area contributed by atoms with Crippen LogP contribution in [0.3, 0.4) is 0 Å². The summed E-state index contributed by atoms with van der Waals surface area (Å²) in [6.45, 7) is 0.615. The summed E-state index contributed by atoms with van der Waals surface area (Å²) in [5.41, 5.74) is 3.66. The Hall–Kier alpha value is -2.47. The summed E-state index contributed by atoms with van der Waals surface area (Å²) in [5.74, 6) is -0.537. The molecule has 6 heteroatoms. The van der Waals surface area contributed by atoms with Gasteiger partial charge in [0.05, 0.1) is 30.5 Å². The fraction of sp³-hybridized carbons (Fsp3) is 0.294. The maximum atomic E-state index is 14.0. The van der Waals surface area contributed by atoms with E-state index < -0.39 is 11.9 Å². The lowest BCUT2D eigenvalue weighted by molar-refractivity contribution is 0.0492. The summed E-state index contributed by atoms with van der Waals surface area (Å²) in [5, 5.41) is 14.8. The van der Waals surface area contributed by atoms with Crippen LogP contribution < -0.4 is 0 Å². The van der Waals surface area contributed by atoms with Crippen LogP contribution in [-0.4, -0.2) is 24.4 Å². The van der Waals surface area contributed by atoms with Crippen LogP contribution in [0.2, 0.25) is 0 Å². The molecule has 2 aromatic heterocycles. The number of aromatic nitrogens is 4. The molecule has 4 heterocycles. The van der Waals surface area contributed by atoms with Crippen molar-refractivity contribution >= 4 is 0 Å². The highest BCUT2D eigenvalue weighted by molar-refractivity contribution is 5.69. The molecule has 5 nitrogen and oxygen atoms in total. The van der Waals surface area contributed by atoms with E-state index in [1.54, 1.807) is 11.0 Å². The molecule has 1 aromatic carbocycles. The topological polar surface area (TPSA) is 55.9 Å². The number of aliphatic hydroxyl groups is 1. The van der Waals surface area contributed by atoms with Crippen LogP contribution in [0.5, 0.6) is 0 Å². The number of hydrogen-bond acceptors (Lipinski definition) is 3. The molecule has 0 radical (unpaired) electrons. The van der Waals surface area contributed by atoms with Gasteiger partial charge in [-0.2, -0.15) is 5.10 Å². The molecule has 0 bridgehead atoms. The van der Waals surface area contributed by atoms with Crippen LogP contribution in [0.25, 0.3) is 11.3 Å². The van der Waals surface area contributed by atoms with E-state index in [1.165, 1.54) is 11.8 Å². The predicted octanol–water partition coefficient (Wildman–Crippen LogP) is 2.54. The van der Waals surface area contributed by atoms with Gasteiger partial charge in [0, 0.05) is 18.0 Å². The molecular formula is C17H15FN4O. The zero-order valence-electron chi connectivity index (χ0n) is 12.3. The maximum absolute atomic E-state index is 14.0. The van der Waals surface area contributed by atoms with Gasteiger partial charge in [-0.25, -0.2) is 9.37 Å². The van der Waals surface area contributed by atoms with Crippen molar-refractivity contribution in [3.05, 3.63) is 60.1 Å². The fourth-order valence-corrected chi connectivity index (χ4v) is 4.12. The molecule has 0 amide bonds. The minimum atomic E-state index is -0.877. The SMILES string of the molecule is O[C@H]1c2c(F)cnn2CC[C@@H]1[C@@H]1c2ccccc2-c2cncn21. The average Bonchev–Trinajstić information content (AvgIpc) is 3.23. The molecule has 3 atom stereocenters. The van der Waals surface area contributed by atoms with Crippen LogP contribution in [-0.2, 0) is 6.54 Å². The Morgan fingerprint density at radius 1 is 1.22 bits per heavy atom. The average molecular weight is 310 g/mol. The van der Waals surface area contributed by atoms with Gasteiger partial charge >= 0.3 is 0 Å². The molecule has 0 saturated carbocycles. The maximum Gasteiger partial charge on any atom is 0.166 e. The normalized spacial score (nSPS) is 25.0. The van der Waals surface area contributed by atoms with Crippen molar-refractivity contribution in [2.45, 2.75) is 25.1 Å². The standard InChI is InChI=1S/C17H15FN4O/c18-13-7-20-22-6-5-12(17(23)16(13)22)15-11-4-2-1-3-10(11)14-8-19-9-21(14)15/h1-4,7-9,12,15,17,23H,5-6H2/t12-,15+,17-/m1/s1. The van der Waals surface area contributed by atoms with E-state index in [2.05, 4.69) is 26.8 Å². The molecule has 2 aliphatic heterocycles. The van der Waals surface area contributed by atoms with Gasteiger partial charge in [-0.05, 0) is 12.0 Å². The number of fused-ring (bicyclic) bond motifs is 4.